The van der Waals surface area contributed by atoms with Crippen LogP contribution in [0.25, 0.3) is 0 Å². The monoisotopic (exact) mass is 574 g/mol. The van der Waals surface area contributed by atoms with Crippen molar-refractivity contribution in [3.8, 4) is 5.75 Å². The third-order valence-electron chi connectivity index (χ3n) is 8.74. The van der Waals surface area contributed by atoms with Crippen LogP contribution in [0.15, 0.2) is 36.4 Å². The number of rotatable bonds is 1. The maximum atomic E-state index is 13.1. The molecule has 0 unspecified atom stereocenters. The first-order valence-electron chi connectivity index (χ1n) is 14.3. The number of nitrogens with one attached hydrogen (secondary N) is 1. The number of ether oxygens (including phenoxy) is 1. The van der Waals surface area contributed by atoms with Crippen LogP contribution in [0.4, 0.5) is 5.69 Å². The lowest BCUT2D eigenvalue weighted by Crippen LogP contribution is -2.43. The molecule has 39 heavy (non-hydrogen) atoms. The fourth-order valence-corrected chi connectivity index (χ4v) is 7.65. The van der Waals surface area contributed by atoms with E-state index >= 15 is 0 Å². The van der Waals surface area contributed by atoms with Gasteiger partial charge in [0.1, 0.15) is 12.4 Å². The van der Waals surface area contributed by atoms with Crippen LogP contribution in [0, 0.1) is 17.8 Å². The molecule has 2 aromatic carbocycles. The lowest BCUT2D eigenvalue weighted by molar-refractivity contribution is 0.0581. The van der Waals surface area contributed by atoms with Crippen molar-refractivity contribution in [3.63, 3.8) is 0 Å². The second-order valence-corrected chi connectivity index (χ2v) is 13.6. The number of aryl methyl sites for hydroxylation is 1. The Morgan fingerprint density at radius 1 is 1.00 bits per heavy atom. The Bertz CT molecular complexity index is 1280. The molecule has 212 valence electrons. The quantitative estimate of drug-likeness (QED) is 0.478. The minimum Gasteiger partial charge on any atom is -0.487 e. The molecule has 1 aliphatic carbocycles. The van der Waals surface area contributed by atoms with Crippen LogP contribution in [0.1, 0.15) is 72.9 Å². The SMILES string of the molecule is O=C1NS(=O)(=O)CCCCC[C@@H](CO)[C@@H]2CC[C@H]2CN2CCCCc3cc(Cl)ccc3COc3ccc1cc32. The summed E-state index contributed by atoms with van der Waals surface area (Å²) in [4.78, 5) is 15.4. The molecule has 2 bridgehead atoms. The third kappa shape index (κ3) is 6.90. The molecule has 1 fully saturated rings. The number of hydrogen-bond donors (Lipinski definition) is 2. The smallest absolute Gasteiger partial charge is 0.264 e. The molecule has 7 nitrogen and oxygen atoms in total. The molecule has 0 aromatic heterocycles. The Morgan fingerprint density at radius 3 is 2.67 bits per heavy atom. The normalized spacial score (nSPS) is 26.1. The van der Waals surface area contributed by atoms with Crippen LogP contribution in [0.3, 0.4) is 0 Å². The summed E-state index contributed by atoms with van der Waals surface area (Å²) in [5.41, 5.74) is 3.40. The molecule has 2 N–H and O–H groups in total. The van der Waals surface area contributed by atoms with Gasteiger partial charge in [0.15, 0.2) is 0 Å². The highest BCUT2D eigenvalue weighted by Gasteiger charge is 2.38. The highest BCUT2D eigenvalue weighted by Crippen LogP contribution is 2.43. The van der Waals surface area contributed by atoms with E-state index in [4.69, 9.17) is 16.3 Å². The Hall–Kier alpha value is -2.29. The minimum absolute atomic E-state index is 0.0851. The zero-order valence-corrected chi connectivity index (χ0v) is 24.0. The van der Waals surface area contributed by atoms with Gasteiger partial charge in [-0.15, -0.1) is 0 Å². The standard InChI is InChI=1S/C30H39ClN2O5S/c31-26-11-8-25-20-38-29-13-10-22-17-28(29)33(14-4-3-6-21(25)16-26)18-23-9-12-27(23)24(19-34)7-2-1-5-15-39(36,37)32-30(22)35/h8,10-11,13,16-17,23-24,27,34H,1-7,9,12,14-15,18-20H2,(H,32,35)/t23-,24-,27+/m0/s1. The van der Waals surface area contributed by atoms with E-state index in [0.29, 0.717) is 36.2 Å². The van der Waals surface area contributed by atoms with E-state index in [1.807, 2.05) is 18.2 Å². The van der Waals surface area contributed by atoms with Crippen molar-refractivity contribution < 1.29 is 23.1 Å². The predicted molar refractivity (Wildman–Crippen MR) is 154 cm³/mol. The maximum Gasteiger partial charge on any atom is 0.264 e. The molecule has 0 radical (unpaired) electrons. The predicted octanol–water partition coefficient (Wildman–Crippen LogP) is 5.33. The maximum absolute atomic E-state index is 13.1. The number of aliphatic hydroxyl groups is 1. The number of nitrogens with zero attached hydrogens (tertiary/aromatic N) is 1. The van der Waals surface area contributed by atoms with E-state index in [1.165, 1.54) is 5.56 Å². The largest absolute Gasteiger partial charge is 0.487 e. The van der Waals surface area contributed by atoms with Gasteiger partial charge in [0.25, 0.3) is 5.91 Å². The van der Waals surface area contributed by atoms with Gasteiger partial charge in [-0.05, 0) is 104 Å². The van der Waals surface area contributed by atoms with Crippen molar-refractivity contribution in [2.45, 2.75) is 64.4 Å². The molecule has 1 amide bonds. The summed E-state index contributed by atoms with van der Waals surface area (Å²) in [5, 5.41) is 10.9. The van der Waals surface area contributed by atoms with E-state index in [-0.39, 0.29) is 18.3 Å². The number of carbonyl (C=O) groups excluding carboxylic acids is 1. The van der Waals surface area contributed by atoms with Crippen LogP contribution < -0.4 is 14.4 Å². The van der Waals surface area contributed by atoms with Gasteiger partial charge in [0, 0.05) is 30.3 Å². The van der Waals surface area contributed by atoms with Gasteiger partial charge in [-0.2, -0.15) is 0 Å². The number of benzene rings is 2. The molecule has 0 spiro atoms. The van der Waals surface area contributed by atoms with Gasteiger partial charge in [-0.1, -0.05) is 30.5 Å². The van der Waals surface area contributed by atoms with Crippen LogP contribution in [0.2, 0.25) is 5.02 Å². The summed E-state index contributed by atoms with van der Waals surface area (Å²) in [5.74, 6) is 1.12. The van der Waals surface area contributed by atoms with Gasteiger partial charge < -0.3 is 14.7 Å². The molecule has 2 aromatic rings. The molecule has 0 saturated heterocycles. The summed E-state index contributed by atoms with van der Waals surface area (Å²) in [6.07, 6.45) is 8.12. The zero-order chi connectivity index (χ0) is 27.4. The van der Waals surface area contributed by atoms with Crippen molar-refractivity contribution >= 4 is 33.2 Å². The number of carbonyl (C=O) groups is 1. The fourth-order valence-electron chi connectivity index (χ4n) is 6.37. The van der Waals surface area contributed by atoms with E-state index in [1.54, 1.807) is 18.2 Å². The highest BCUT2D eigenvalue weighted by molar-refractivity contribution is 7.90. The summed E-state index contributed by atoms with van der Waals surface area (Å²) in [6, 6.07) is 11.1. The van der Waals surface area contributed by atoms with Crippen molar-refractivity contribution in [3.05, 3.63) is 58.1 Å². The van der Waals surface area contributed by atoms with E-state index in [9.17, 15) is 18.3 Å². The van der Waals surface area contributed by atoms with E-state index in [0.717, 1.165) is 80.7 Å². The van der Waals surface area contributed by atoms with Crippen molar-refractivity contribution in [2.75, 3.05) is 30.3 Å². The summed E-state index contributed by atoms with van der Waals surface area (Å²) in [7, 11) is -3.74. The molecular formula is C30H39ClN2O5S. The van der Waals surface area contributed by atoms with Gasteiger partial charge in [0.2, 0.25) is 10.0 Å². The number of halogens is 1. The first-order valence-corrected chi connectivity index (χ1v) is 16.3. The average molecular weight is 575 g/mol. The Balaban J connectivity index is 1.51. The Morgan fingerprint density at radius 2 is 1.87 bits per heavy atom. The summed E-state index contributed by atoms with van der Waals surface area (Å²) < 4.78 is 33.9. The first-order chi connectivity index (χ1) is 18.8. The zero-order valence-electron chi connectivity index (χ0n) is 22.4. The van der Waals surface area contributed by atoms with Gasteiger partial charge in [-0.25, -0.2) is 13.1 Å². The molecule has 2 heterocycles. The van der Waals surface area contributed by atoms with Crippen molar-refractivity contribution in [1.29, 1.82) is 0 Å². The number of aliphatic hydroxyl groups excluding tert-OH is 1. The average Bonchev–Trinajstić information content (AvgIpc) is 2.92. The first kappa shape index (κ1) is 28.2. The topological polar surface area (TPSA) is 95.9 Å². The molecule has 2 aliphatic heterocycles. The molecule has 3 atom stereocenters. The molecule has 9 heteroatoms. The van der Waals surface area contributed by atoms with Crippen molar-refractivity contribution in [1.82, 2.24) is 4.72 Å². The van der Waals surface area contributed by atoms with E-state index in [2.05, 4.69) is 9.62 Å². The molecule has 5 rings (SSSR count). The number of hydrogen-bond acceptors (Lipinski definition) is 6. The van der Waals surface area contributed by atoms with Gasteiger partial charge >= 0.3 is 0 Å². The summed E-state index contributed by atoms with van der Waals surface area (Å²) in [6.45, 7) is 2.16. The second kappa shape index (κ2) is 12.5. The van der Waals surface area contributed by atoms with Crippen LogP contribution >= 0.6 is 11.6 Å². The lowest BCUT2D eigenvalue weighted by Gasteiger charge is -2.44. The van der Waals surface area contributed by atoms with Crippen LogP contribution in [-0.4, -0.2) is 44.9 Å². The van der Waals surface area contributed by atoms with Crippen molar-refractivity contribution in [2.24, 2.45) is 17.8 Å². The molecular weight excluding hydrogens is 536 g/mol. The van der Waals surface area contributed by atoms with Crippen LogP contribution in [-0.2, 0) is 23.1 Å². The number of amides is 1. The van der Waals surface area contributed by atoms with Gasteiger partial charge in [-0.3, -0.25) is 4.79 Å². The number of fused-ring (bicyclic) bond motifs is 3. The highest BCUT2D eigenvalue weighted by atomic mass is 35.5. The van der Waals surface area contributed by atoms with Gasteiger partial charge in [0.05, 0.1) is 11.4 Å². The second-order valence-electron chi connectivity index (χ2n) is 11.3. The number of sulfonamides is 1. The van der Waals surface area contributed by atoms with E-state index < -0.39 is 15.9 Å². The Kier molecular flexibility index (Phi) is 9.04. The summed E-state index contributed by atoms with van der Waals surface area (Å²) >= 11 is 6.29. The third-order valence-corrected chi connectivity index (χ3v) is 10.3. The minimum atomic E-state index is -3.74. The number of anilines is 1. The Labute approximate surface area is 236 Å². The molecule has 3 aliphatic rings. The lowest BCUT2D eigenvalue weighted by atomic mass is 9.65. The fraction of sp³-hybridized carbons (Fsp3) is 0.567. The van der Waals surface area contributed by atoms with Crippen LogP contribution in [0.5, 0.6) is 5.75 Å². The molecule has 1 saturated carbocycles.